The maximum atomic E-state index is 9.36. The van der Waals surface area contributed by atoms with Crippen LogP contribution in [0.4, 0.5) is 0 Å². The summed E-state index contributed by atoms with van der Waals surface area (Å²) in [6.07, 6.45) is 1.07. The Labute approximate surface area is 96.6 Å². The van der Waals surface area contributed by atoms with Gasteiger partial charge in [0.05, 0.1) is 7.11 Å². The molecule has 1 N–H and O–H groups in total. The third kappa shape index (κ3) is 2.06. The summed E-state index contributed by atoms with van der Waals surface area (Å²) in [6, 6.07) is 8.49. The fourth-order valence-electron chi connectivity index (χ4n) is 2.55. The van der Waals surface area contributed by atoms with Crippen LogP contribution in [0.3, 0.4) is 0 Å². The quantitative estimate of drug-likeness (QED) is 0.843. The molecule has 3 heteroatoms. The molecule has 88 valence electrons. The van der Waals surface area contributed by atoms with Crippen molar-refractivity contribution in [1.29, 1.82) is 0 Å². The van der Waals surface area contributed by atoms with Crippen molar-refractivity contribution in [3.05, 3.63) is 29.8 Å². The lowest BCUT2D eigenvalue weighted by atomic mass is 9.94. The molecule has 1 aliphatic rings. The van der Waals surface area contributed by atoms with Gasteiger partial charge in [-0.3, -0.25) is 4.90 Å². The van der Waals surface area contributed by atoms with Crippen LogP contribution in [-0.2, 0) is 0 Å². The normalized spacial score (nSPS) is 25.9. The fraction of sp³-hybridized carbons (Fsp3) is 0.538. The number of hydrogen-bond donors (Lipinski definition) is 1. The zero-order valence-electron chi connectivity index (χ0n) is 9.89. The van der Waals surface area contributed by atoms with Gasteiger partial charge in [0, 0.05) is 18.6 Å². The third-order valence-electron chi connectivity index (χ3n) is 3.47. The van der Waals surface area contributed by atoms with E-state index >= 15 is 0 Å². The molecule has 0 amide bonds. The lowest BCUT2D eigenvalue weighted by Crippen LogP contribution is -2.22. The number of nitrogens with zero attached hydrogens (tertiary/aromatic N) is 1. The first kappa shape index (κ1) is 11.4. The van der Waals surface area contributed by atoms with E-state index in [0.717, 1.165) is 18.7 Å². The Hall–Kier alpha value is -1.06. The van der Waals surface area contributed by atoms with E-state index in [2.05, 4.69) is 24.1 Å². The number of likely N-dealkylation sites (tertiary alicyclic amines) is 1. The van der Waals surface area contributed by atoms with Gasteiger partial charge in [-0.25, -0.2) is 0 Å². The summed E-state index contributed by atoms with van der Waals surface area (Å²) < 4.78 is 5.15. The van der Waals surface area contributed by atoms with Crippen LogP contribution < -0.4 is 4.74 Å². The molecule has 1 heterocycles. The second-order valence-corrected chi connectivity index (χ2v) is 4.43. The molecule has 1 fully saturated rings. The first-order chi connectivity index (χ1) is 7.76. The average Bonchev–Trinajstić information content (AvgIpc) is 2.70. The number of aliphatic hydroxyl groups is 1. The summed E-state index contributed by atoms with van der Waals surface area (Å²) in [6.45, 7) is 1.32. The van der Waals surface area contributed by atoms with Crippen LogP contribution in [0.2, 0.25) is 0 Å². The summed E-state index contributed by atoms with van der Waals surface area (Å²) in [7, 11) is 3.79. The largest absolute Gasteiger partial charge is 0.497 e. The minimum atomic E-state index is 0.265. The van der Waals surface area contributed by atoms with E-state index in [1.165, 1.54) is 5.56 Å². The SMILES string of the molecule is COc1ccc([C@@H]2[C@@H](CO)CCN2C)cc1. The molecule has 2 rings (SSSR count). The monoisotopic (exact) mass is 221 g/mol. The minimum Gasteiger partial charge on any atom is -0.497 e. The maximum Gasteiger partial charge on any atom is 0.118 e. The van der Waals surface area contributed by atoms with Gasteiger partial charge in [-0.1, -0.05) is 12.1 Å². The van der Waals surface area contributed by atoms with E-state index in [0.29, 0.717) is 12.0 Å². The highest BCUT2D eigenvalue weighted by Crippen LogP contribution is 2.36. The van der Waals surface area contributed by atoms with Gasteiger partial charge in [-0.2, -0.15) is 0 Å². The van der Waals surface area contributed by atoms with Crippen molar-refractivity contribution < 1.29 is 9.84 Å². The van der Waals surface area contributed by atoms with Crippen molar-refractivity contribution in [2.24, 2.45) is 5.92 Å². The van der Waals surface area contributed by atoms with E-state index in [1.807, 2.05) is 12.1 Å². The van der Waals surface area contributed by atoms with E-state index < -0.39 is 0 Å². The van der Waals surface area contributed by atoms with Crippen LogP contribution in [0.15, 0.2) is 24.3 Å². The van der Waals surface area contributed by atoms with E-state index in [4.69, 9.17) is 4.74 Å². The van der Waals surface area contributed by atoms with Crippen LogP contribution in [0, 0.1) is 5.92 Å². The number of aliphatic hydroxyl groups excluding tert-OH is 1. The topological polar surface area (TPSA) is 32.7 Å². The molecule has 1 saturated heterocycles. The molecule has 3 nitrogen and oxygen atoms in total. The first-order valence-electron chi connectivity index (χ1n) is 5.71. The zero-order chi connectivity index (χ0) is 11.5. The van der Waals surface area contributed by atoms with E-state index in [-0.39, 0.29) is 6.61 Å². The molecular formula is C13H19NO2. The molecule has 0 aromatic heterocycles. The molecule has 0 unspecified atom stereocenters. The van der Waals surface area contributed by atoms with Gasteiger partial charge in [-0.05, 0) is 37.7 Å². The predicted octanol–water partition coefficient (Wildman–Crippen LogP) is 1.68. The maximum absolute atomic E-state index is 9.36. The highest BCUT2D eigenvalue weighted by Gasteiger charge is 2.32. The fourth-order valence-corrected chi connectivity index (χ4v) is 2.55. The molecule has 16 heavy (non-hydrogen) atoms. The van der Waals surface area contributed by atoms with E-state index in [9.17, 15) is 5.11 Å². The number of benzene rings is 1. The molecular weight excluding hydrogens is 202 g/mol. The summed E-state index contributed by atoms with van der Waals surface area (Å²) in [5.41, 5.74) is 1.26. The molecule has 0 radical (unpaired) electrons. The van der Waals surface area contributed by atoms with Crippen molar-refractivity contribution in [3.63, 3.8) is 0 Å². The number of ether oxygens (including phenoxy) is 1. The van der Waals surface area contributed by atoms with Crippen molar-refractivity contribution in [2.45, 2.75) is 12.5 Å². The van der Waals surface area contributed by atoms with Gasteiger partial charge < -0.3 is 9.84 Å². The summed E-state index contributed by atoms with van der Waals surface area (Å²) in [5, 5.41) is 9.36. The van der Waals surface area contributed by atoms with Gasteiger partial charge in [0.15, 0.2) is 0 Å². The molecule has 0 aliphatic carbocycles. The van der Waals surface area contributed by atoms with Gasteiger partial charge in [0.2, 0.25) is 0 Å². The van der Waals surface area contributed by atoms with Crippen molar-refractivity contribution in [3.8, 4) is 5.75 Å². The standard InChI is InChI=1S/C13H19NO2/c1-14-8-7-11(9-15)13(14)10-3-5-12(16-2)6-4-10/h3-6,11,13,15H,7-9H2,1-2H3/t11-,13-/m1/s1. The second kappa shape index (κ2) is 4.85. The number of hydrogen-bond acceptors (Lipinski definition) is 3. The van der Waals surface area contributed by atoms with Crippen LogP contribution >= 0.6 is 0 Å². The zero-order valence-corrected chi connectivity index (χ0v) is 9.89. The predicted molar refractivity (Wildman–Crippen MR) is 63.6 cm³/mol. The van der Waals surface area contributed by atoms with Crippen LogP contribution in [0.1, 0.15) is 18.0 Å². The smallest absolute Gasteiger partial charge is 0.118 e. The highest BCUT2D eigenvalue weighted by atomic mass is 16.5. The lowest BCUT2D eigenvalue weighted by molar-refractivity contribution is 0.182. The molecule has 2 atom stereocenters. The van der Waals surface area contributed by atoms with Crippen LogP contribution in [-0.4, -0.2) is 37.3 Å². The molecule has 1 aliphatic heterocycles. The Morgan fingerprint density at radius 2 is 2.06 bits per heavy atom. The molecule has 1 aromatic rings. The third-order valence-corrected chi connectivity index (χ3v) is 3.47. The highest BCUT2D eigenvalue weighted by molar-refractivity contribution is 5.30. The Kier molecular flexibility index (Phi) is 3.46. The summed E-state index contributed by atoms with van der Waals surface area (Å²) in [4.78, 5) is 2.31. The molecule has 0 bridgehead atoms. The van der Waals surface area contributed by atoms with Gasteiger partial charge in [-0.15, -0.1) is 0 Å². The average molecular weight is 221 g/mol. The second-order valence-electron chi connectivity index (χ2n) is 4.43. The summed E-state index contributed by atoms with van der Waals surface area (Å²) in [5.74, 6) is 1.24. The number of methoxy groups -OCH3 is 1. The number of rotatable bonds is 3. The lowest BCUT2D eigenvalue weighted by Gasteiger charge is -2.24. The Bertz CT molecular complexity index is 336. The van der Waals surface area contributed by atoms with E-state index in [1.54, 1.807) is 7.11 Å². The Morgan fingerprint density at radius 3 is 2.62 bits per heavy atom. The van der Waals surface area contributed by atoms with Crippen molar-refractivity contribution >= 4 is 0 Å². The van der Waals surface area contributed by atoms with Gasteiger partial charge >= 0.3 is 0 Å². The minimum absolute atomic E-state index is 0.265. The Morgan fingerprint density at radius 1 is 1.38 bits per heavy atom. The summed E-state index contributed by atoms with van der Waals surface area (Å²) >= 11 is 0. The van der Waals surface area contributed by atoms with Crippen LogP contribution in [0.25, 0.3) is 0 Å². The molecule has 0 spiro atoms. The van der Waals surface area contributed by atoms with Gasteiger partial charge in [0.1, 0.15) is 5.75 Å². The Balaban J connectivity index is 2.21. The van der Waals surface area contributed by atoms with Crippen molar-refractivity contribution in [1.82, 2.24) is 4.90 Å². The first-order valence-corrected chi connectivity index (χ1v) is 5.71. The van der Waals surface area contributed by atoms with Crippen LogP contribution in [0.5, 0.6) is 5.75 Å². The molecule has 0 saturated carbocycles. The van der Waals surface area contributed by atoms with Gasteiger partial charge in [0.25, 0.3) is 0 Å². The molecule has 1 aromatic carbocycles. The van der Waals surface area contributed by atoms with Crippen molar-refractivity contribution in [2.75, 3.05) is 27.3 Å².